The Balaban J connectivity index is 2.04. The second-order valence-corrected chi connectivity index (χ2v) is 4.73. The number of carbonyl (C=O) groups is 1. The molecule has 0 spiro atoms. The number of aromatic nitrogens is 1. The van der Waals surface area contributed by atoms with E-state index in [9.17, 15) is 13.6 Å². The van der Waals surface area contributed by atoms with Crippen LogP contribution < -0.4 is 0 Å². The SMILES string of the molecule is O=C(O)c1ccc(F)c(Cn2ccc3c(F)cccc32)c1. The van der Waals surface area contributed by atoms with Crippen molar-refractivity contribution in [1.82, 2.24) is 4.57 Å². The van der Waals surface area contributed by atoms with Gasteiger partial charge >= 0.3 is 5.97 Å². The summed E-state index contributed by atoms with van der Waals surface area (Å²) >= 11 is 0. The highest BCUT2D eigenvalue weighted by Gasteiger charge is 2.11. The fourth-order valence-corrected chi connectivity index (χ4v) is 2.34. The molecule has 21 heavy (non-hydrogen) atoms. The number of rotatable bonds is 3. The molecular formula is C16H11F2NO2. The highest BCUT2D eigenvalue weighted by Crippen LogP contribution is 2.21. The van der Waals surface area contributed by atoms with Crippen LogP contribution >= 0.6 is 0 Å². The van der Waals surface area contributed by atoms with E-state index in [0.717, 1.165) is 6.07 Å². The molecule has 1 N–H and O–H groups in total. The predicted octanol–water partition coefficient (Wildman–Crippen LogP) is 3.67. The lowest BCUT2D eigenvalue weighted by Crippen LogP contribution is -2.04. The van der Waals surface area contributed by atoms with Gasteiger partial charge in [0.2, 0.25) is 0 Å². The Kier molecular flexibility index (Phi) is 3.17. The number of fused-ring (bicyclic) bond motifs is 1. The molecule has 0 radical (unpaired) electrons. The number of aromatic carboxylic acids is 1. The largest absolute Gasteiger partial charge is 0.478 e. The number of carboxylic acid groups (broad SMARTS) is 1. The molecule has 0 fully saturated rings. The van der Waals surface area contributed by atoms with E-state index < -0.39 is 11.8 Å². The van der Waals surface area contributed by atoms with E-state index in [1.54, 1.807) is 29.0 Å². The van der Waals surface area contributed by atoms with E-state index >= 15 is 0 Å². The van der Waals surface area contributed by atoms with Gasteiger partial charge < -0.3 is 9.67 Å². The Morgan fingerprint density at radius 2 is 1.90 bits per heavy atom. The lowest BCUT2D eigenvalue weighted by atomic mass is 10.1. The maximum absolute atomic E-state index is 13.8. The van der Waals surface area contributed by atoms with Gasteiger partial charge in [-0.25, -0.2) is 13.6 Å². The van der Waals surface area contributed by atoms with Crippen LogP contribution in [0.3, 0.4) is 0 Å². The number of benzene rings is 2. The molecule has 3 nitrogen and oxygen atoms in total. The summed E-state index contributed by atoms with van der Waals surface area (Å²) in [4.78, 5) is 10.9. The summed E-state index contributed by atoms with van der Waals surface area (Å²) in [6.45, 7) is 0.139. The standard InChI is InChI=1S/C16H11F2NO2/c17-13-5-4-10(16(20)21)8-11(13)9-19-7-6-12-14(18)2-1-3-15(12)19/h1-8H,9H2,(H,20,21). The summed E-state index contributed by atoms with van der Waals surface area (Å²) in [6.07, 6.45) is 1.65. The molecule has 5 heteroatoms. The molecule has 1 aromatic heterocycles. The quantitative estimate of drug-likeness (QED) is 0.798. The van der Waals surface area contributed by atoms with E-state index in [0.29, 0.717) is 10.9 Å². The van der Waals surface area contributed by atoms with Crippen molar-refractivity contribution in [3.63, 3.8) is 0 Å². The number of hydrogen-bond acceptors (Lipinski definition) is 1. The zero-order valence-corrected chi connectivity index (χ0v) is 10.9. The molecule has 3 rings (SSSR count). The summed E-state index contributed by atoms with van der Waals surface area (Å²) in [5.74, 6) is -1.94. The lowest BCUT2D eigenvalue weighted by Gasteiger charge is -2.08. The van der Waals surface area contributed by atoms with Gasteiger partial charge in [0.25, 0.3) is 0 Å². The molecule has 0 aliphatic heterocycles. The minimum atomic E-state index is -1.11. The third-order valence-corrected chi connectivity index (χ3v) is 3.39. The van der Waals surface area contributed by atoms with Crippen molar-refractivity contribution < 1.29 is 18.7 Å². The number of nitrogens with zero attached hydrogens (tertiary/aromatic N) is 1. The molecule has 0 unspecified atom stereocenters. The van der Waals surface area contributed by atoms with Crippen molar-refractivity contribution in [3.8, 4) is 0 Å². The van der Waals surface area contributed by atoms with Crippen molar-refractivity contribution in [2.75, 3.05) is 0 Å². The Morgan fingerprint density at radius 3 is 2.67 bits per heavy atom. The van der Waals surface area contributed by atoms with Gasteiger partial charge in [-0.15, -0.1) is 0 Å². The third kappa shape index (κ3) is 2.38. The van der Waals surface area contributed by atoms with E-state index in [-0.39, 0.29) is 23.5 Å². The predicted molar refractivity (Wildman–Crippen MR) is 74.4 cm³/mol. The molecular weight excluding hydrogens is 276 g/mol. The number of carboxylic acids is 1. The molecule has 106 valence electrons. The van der Waals surface area contributed by atoms with Crippen LogP contribution in [0, 0.1) is 11.6 Å². The maximum atomic E-state index is 13.8. The first kappa shape index (κ1) is 13.3. The van der Waals surface area contributed by atoms with Gasteiger partial charge in [-0.1, -0.05) is 6.07 Å². The number of halogens is 2. The molecule has 0 atom stereocenters. The van der Waals surface area contributed by atoms with Crippen LogP contribution in [0.25, 0.3) is 10.9 Å². The fraction of sp³-hybridized carbons (Fsp3) is 0.0625. The first-order chi connectivity index (χ1) is 10.1. The van der Waals surface area contributed by atoms with Crippen LogP contribution in [-0.2, 0) is 6.54 Å². The van der Waals surface area contributed by atoms with Gasteiger partial charge in [0.15, 0.2) is 0 Å². The Morgan fingerprint density at radius 1 is 1.10 bits per heavy atom. The molecule has 0 aliphatic rings. The molecule has 1 heterocycles. The van der Waals surface area contributed by atoms with Gasteiger partial charge in [0, 0.05) is 17.1 Å². The maximum Gasteiger partial charge on any atom is 0.335 e. The zero-order valence-electron chi connectivity index (χ0n) is 10.9. The van der Waals surface area contributed by atoms with Crippen molar-refractivity contribution in [3.05, 3.63) is 71.4 Å². The van der Waals surface area contributed by atoms with Crippen LogP contribution in [0.4, 0.5) is 8.78 Å². The second kappa shape index (κ2) is 5.01. The molecule has 0 bridgehead atoms. The van der Waals surface area contributed by atoms with Crippen LogP contribution in [0.15, 0.2) is 48.7 Å². The van der Waals surface area contributed by atoms with E-state index in [2.05, 4.69) is 0 Å². The Bertz CT molecular complexity index is 839. The molecule has 3 aromatic rings. The van der Waals surface area contributed by atoms with Crippen molar-refractivity contribution in [2.45, 2.75) is 6.54 Å². The average molecular weight is 287 g/mol. The lowest BCUT2D eigenvalue weighted by molar-refractivity contribution is 0.0696. The monoisotopic (exact) mass is 287 g/mol. The molecule has 0 saturated heterocycles. The zero-order chi connectivity index (χ0) is 15.0. The van der Waals surface area contributed by atoms with Gasteiger partial charge in [0.05, 0.1) is 17.6 Å². The highest BCUT2D eigenvalue weighted by molar-refractivity contribution is 5.87. The summed E-state index contributed by atoms with van der Waals surface area (Å²) < 4.78 is 29.1. The first-order valence-corrected chi connectivity index (χ1v) is 6.31. The van der Waals surface area contributed by atoms with E-state index in [1.807, 2.05) is 0 Å². The topological polar surface area (TPSA) is 42.2 Å². The minimum absolute atomic E-state index is 0.0223. The van der Waals surface area contributed by atoms with E-state index in [1.165, 1.54) is 18.2 Å². The smallest absolute Gasteiger partial charge is 0.335 e. The fourth-order valence-electron chi connectivity index (χ4n) is 2.34. The summed E-state index contributed by atoms with van der Waals surface area (Å²) in [7, 11) is 0. The van der Waals surface area contributed by atoms with E-state index in [4.69, 9.17) is 5.11 Å². The van der Waals surface area contributed by atoms with Crippen molar-refractivity contribution in [2.24, 2.45) is 0 Å². The van der Waals surface area contributed by atoms with Gasteiger partial charge in [-0.2, -0.15) is 0 Å². The first-order valence-electron chi connectivity index (χ1n) is 6.31. The molecule has 0 saturated carbocycles. The van der Waals surface area contributed by atoms with Crippen molar-refractivity contribution in [1.29, 1.82) is 0 Å². The summed E-state index contributed by atoms with van der Waals surface area (Å²) in [5, 5.41) is 9.41. The van der Waals surface area contributed by atoms with Crippen LogP contribution in [0.2, 0.25) is 0 Å². The van der Waals surface area contributed by atoms with Crippen molar-refractivity contribution >= 4 is 16.9 Å². The van der Waals surface area contributed by atoms with Crippen LogP contribution in [0.5, 0.6) is 0 Å². The third-order valence-electron chi connectivity index (χ3n) is 3.39. The highest BCUT2D eigenvalue weighted by atomic mass is 19.1. The normalized spacial score (nSPS) is 11.0. The average Bonchev–Trinajstić information content (AvgIpc) is 2.86. The summed E-state index contributed by atoms with van der Waals surface area (Å²) in [5.41, 5.74) is 0.904. The number of hydrogen-bond donors (Lipinski definition) is 1. The Labute approximate surface area is 119 Å². The van der Waals surface area contributed by atoms with Gasteiger partial charge in [-0.3, -0.25) is 0 Å². The molecule has 0 amide bonds. The summed E-state index contributed by atoms with van der Waals surface area (Å²) in [6, 6.07) is 9.93. The van der Waals surface area contributed by atoms with Gasteiger partial charge in [-0.05, 0) is 36.4 Å². The Hall–Kier alpha value is -2.69. The van der Waals surface area contributed by atoms with Crippen LogP contribution in [0.1, 0.15) is 15.9 Å². The van der Waals surface area contributed by atoms with Gasteiger partial charge in [0.1, 0.15) is 11.6 Å². The molecule has 0 aliphatic carbocycles. The second-order valence-electron chi connectivity index (χ2n) is 4.73. The molecule has 2 aromatic carbocycles. The van der Waals surface area contributed by atoms with Crippen LogP contribution in [-0.4, -0.2) is 15.6 Å². The minimum Gasteiger partial charge on any atom is -0.478 e.